The van der Waals surface area contributed by atoms with Gasteiger partial charge >= 0.3 is 0 Å². The fourth-order valence-corrected chi connectivity index (χ4v) is 1.41. The molecule has 2 atom stereocenters. The molecule has 0 aromatic heterocycles. The molecule has 0 aromatic carbocycles. The third kappa shape index (κ3) is 1.48. The van der Waals surface area contributed by atoms with Gasteiger partial charge in [-0.3, -0.25) is 4.90 Å². The number of aliphatic hydroxyl groups excluding tert-OH is 1. The standard InChI is InChI=1S/C7H15NO2/c1-8-4-7(10-2)3-6(8)5-9/h6-7,9H,3-5H2,1-2H3/t6-,7?/m0/s1. The van der Waals surface area contributed by atoms with Gasteiger partial charge in [0.05, 0.1) is 12.7 Å². The van der Waals surface area contributed by atoms with Gasteiger partial charge in [-0.1, -0.05) is 0 Å². The summed E-state index contributed by atoms with van der Waals surface area (Å²) in [5, 5.41) is 8.85. The summed E-state index contributed by atoms with van der Waals surface area (Å²) in [4.78, 5) is 2.13. The number of likely N-dealkylation sites (N-methyl/N-ethyl adjacent to an activating group) is 1. The lowest BCUT2D eigenvalue weighted by molar-refractivity contribution is 0.111. The average Bonchev–Trinajstić information content (AvgIpc) is 2.30. The SMILES string of the molecule is COC1C[C@@H](CO)N(C)C1. The summed E-state index contributed by atoms with van der Waals surface area (Å²) in [5.74, 6) is 0. The van der Waals surface area contributed by atoms with Crippen LogP contribution in [0, 0.1) is 0 Å². The molecule has 0 saturated carbocycles. The van der Waals surface area contributed by atoms with Crippen molar-refractivity contribution in [3.63, 3.8) is 0 Å². The Morgan fingerprint density at radius 1 is 1.70 bits per heavy atom. The number of aliphatic hydroxyl groups is 1. The molecule has 1 fully saturated rings. The van der Waals surface area contributed by atoms with E-state index in [0.29, 0.717) is 12.1 Å². The minimum atomic E-state index is 0.246. The highest BCUT2D eigenvalue weighted by atomic mass is 16.5. The number of rotatable bonds is 2. The monoisotopic (exact) mass is 145 g/mol. The van der Waals surface area contributed by atoms with Gasteiger partial charge in [0.2, 0.25) is 0 Å². The zero-order valence-corrected chi connectivity index (χ0v) is 6.58. The van der Waals surface area contributed by atoms with Crippen LogP contribution < -0.4 is 0 Å². The molecule has 0 radical (unpaired) electrons. The highest BCUT2D eigenvalue weighted by Crippen LogP contribution is 2.16. The largest absolute Gasteiger partial charge is 0.395 e. The Morgan fingerprint density at radius 3 is 2.70 bits per heavy atom. The number of nitrogens with zero attached hydrogens (tertiary/aromatic N) is 1. The Labute approximate surface area is 61.6 Å². The Morgan fingerprint density at radius 2 is 2.40 bits per heavy atom. The molecule has 1 N–H and O–H groups in total. The van der Waals surface area contributed by atoms with Crippen molar-refractivity contribution in [2.24, 2.45) is 0 Å². The van der Waals surface area contributed by atoms with Crippen LogP contribution in [0.25, 0.3) is 0 Å². The molecule has 0 aromatic rings. The van der Waals surface area contributed by atoms with Crippen molar-refractivity contribution in [2.45, 2.75) is 18.6 Å². The highest BCUT2D eigenvalue weighted by molar-refractivity contribution is 4.82. The summed E-state index contributed by atoms with van der Waals surface area (Å²) in [6, 6.07) is 0.310. The zero-order chi connectivity index (χ0) is 7.56. The Hall–Kier alpha value is -0.120. The predicted octanol–water partition coefficient (Wildman–Crippen LogP) is -0.302. The molecule has 1 aliphatic heterocycles. The quantitative estimate of drug-likeness (QED) is 0.579. The molecule has 3 heteroatoms. The van der Waals surface area contributed by atoms with Crippen molar-refractivity contribution in [1.29, 1.82) is 0 Å². The lowest BCUT2D eigenvalue weighted by Gasteiger charge is -2.14. The van der Waals surface area contributed by atoms with Crippen LogP contribution in [0.3, 0.4) is 0 Å². The number of likely N-dealkylation sites (tertiary alicyclic amines) is 1. The molecule has 0 aliphatic carbocycles. The van der Waals surface area contributed by atoms with Crippen LogP contribution in [0.4, 0.5) is 0 Å². The van der Waals surface area contributed by atoms with E-state index >= 15 is 0 Å². The highest BCUT2D eigenvalue weighted by Gasteiger charge is 2.28. The van der Waals surface area contributed by atoms with Crippen molar-refractivity contribution in [1.82, 2.24) is 4.90 Å². The van der Waals surface area contributed by atoms with Crippen LogP contribution in [-0.4, -0.2) is 49.5 Å². The first-order valence-corrected chi connectivity index (χ1v) is 3.61. The molecule has 1 saturated heterocycles. The lowest BCUT2D eigenvalue weighted by Crippen LogP contribution is -2.28. The summed E-state index contributed by atoms with van der Waals surface area (Å²) < 4.78 is 5.16. The number of hydrogen-bond acceptors (Lipinski definition) is 3. The van der Waals surface area contributed by atoms with E-state index in [2.05, 4.69) is 4.90 Å². The van der Waals surface area contributed by atoms with Gasteiger partial charge < -0.3 is 9.84 Å². The molecular formula is C7H15NO2. The third-order valence-electron chi connectivity index (χ3n) is 2.19. The zero-order valence-electron chi connectivity index (χ0n) is 6.58. The minimum absolute atomic E-state index is 0.246. The molecule has 0 bridgehead atoms. The van der Waals surface area contributed by atoms with E-state index in [1.54, 1.807) is 7.11 Å². The smallest absolute Gasteiger partial charge is 0.0714 e. The molecule has 3 nitrogen and oxygen atoms in total. The van der Waals surface area contributed by atoms with E-state index < -0.39 is 0 Å². The lowest BCUT2D eigenvalue weighted by atomic mass is 10.2. The Balaban J connectivity index is 2.36. The van der Waals surface area contributed by atoms with Crippen molar-refractivity contribution < 1.29 is 9.84 Å². The summed E-state index contributed by atoms with van der Waals surface area (Å²) in [7, 11) is 3.73. The average molecular weight is 145 g/mol. The Kier molecular flexibility index (Phi) is 2.65. The summed E-state index contributed by atoms with van der Waals surface area (Å²) in [5.41, 5.74) is 0. The third-order valence-corrected chi connectivity index (χ3v) is 2.19. The predicted molar refractivity (Wildman–Crippen MR) is 38.9 cm³/mol. The molecule has 1 aliphatic rings. The van der Waals surface area contributed by atoms with Gasteiger partial charge in [-0.05, 0) is 13.5 Å². The minimum Gasteiger partial charge on any atom is -0.395 e. The van der Waals surface area contributed by atoms with Crippen LogP contribution in [0.2, 0.25) is 0 Å². The molecule has 60 valence electrons. The second-order valence-corrected chi connectivity index (χ2v) is 2.87. The summed E-state index contributed by atoms with van der Waals surface area (Å²) >= 11 is 0. The molecule has 1 heterocycles. The number of methoxy groups -OCH3 is 1. The second kappa shape index (κ2) is 3.32. The van der Waals surface area contributed by atoms with Crippen LogP contribution in [0.1, 0.15) is 6.42 Å². The first kappa shape index (κ1) is 7.98. The van der Waals surface area contributed by atoms with E-state index in [-0.39, 0.29) is 6.61 Å². The van der Waals surface area contributed by atoms with Crippen molar-refractivity contribution in [3.05, 3.63) is 0 Å². The maximum absolute atomic E-state index is 8.85. The molecule has 0 spiro atoms. The summed E-state index contributed by atoms with van der Waals surface area (Å²) in [6.45, 7) is 1.19. The van der Waals surface area contributed by atoms with E-state index in [1.807, 2.05) is 7.05 Å². The summed E-state index contributed by atoms with van der Waals surface area (Å²) in [6.07, 6.45) is 1.28. The van der Waals surface area contributed by atoms with Gasteiger partial charge in [0.15, 0.2) is 0 Å². The van der Waals surface area contributed by atoms with Gasteiger partial charge in [0.1, 0.15) is 0 Å². The molecule has 0 amide bonds. The maximum atomic E-state index is 8.85. The van der Waals surface area contributed by atoms with Gasteiger partial charge in [-0.2, -0.15) is 0 Å². The van der Waals surface area contributed by atoms with Crippen LogP contribution in [0.15, 0.2) is 0 Å². The van der Waals surface area contributed by atoms with E-state index in [9.17, 15) is 0 Å². The maximum Gasteiger partial charge on any atom is 0.0714 e. The Bertz CT molecular complexity index is 108. The van der Waals surface area contributed by atoms with E-state index in [4.69, 9.17) is 9.84 Å². The van der Waals surface area contributed by atoms with E-state index in [0.717, 1.165) is 13.0 Å². The van der Waals surface area contributed by atoms with Crippen LogP contribution >= 0.6 is 0 Å². The van der Waals surface area contributed by atoms with Gasteiger partial charge in [-0.25, -0.2) is 0 Å². The second-order valence-electron chi connectivity index (χ2n) is 2.87. The molecule has 1 rings (SSSR count). The van der Waals surface area contributed by atoms with Gasteiger partial charge in [0, 0.05) is 19.7 Å². The first-order chi connectivity index (χ1) is 4.77. The molecule has 1 unspecified atom stereocenters. The number of hydrogen-bond donors (Lipinski definition) is 1. The fraction of sp³-hybridized carbons (Fsp3) is 1.00. The topological polar surface area (TPSA) is 32.7 Å². The molecule has 10 heavy (non-hydrogen) atoms. The van der Waals surface area contributed by atoms with Crippen molar-refractivity contribution >= 4 is 0 Å². The van der Waals surface area contributed by atoms with E-state index in [1.165, 1.54) is 0 Å². The van der Waals surface area contributed by atoms with Gasteiger partial charge in [0.25, 0.3) is 0 Å². The van der Waals surface area contributed by atoms with Crippen molar-refractivity contribution in [3.8, 4) is 0 Å². The normalized spacial score (nSPS) is 35.1. The first-order valence-electron chi connectivity index (χ1n) is 3.61. The van der Waals surface area contributed by atoms with Crippen molar-refractivity contribution in [2.75, 3.05) is 27.3 Å². The number of ether oxygens (including phenoxy) is 1. The van der Waals surface area contributed by atoms with Crippen LogP contribution in [0.5, 0.6) is 0 Å². The fourth-order valence-electron chi connectivity index (χ4n) is 1.41. The molecular weight excluding hydrogens is 130 g/mol. The van der Waals surface area contributed by atoms with Crippen LogP contribution in [-0.2, 0) is 4.74 Å². The van der Waals surface area contributed by atoms with Gasteiger partial charge in [-0.15, -0.1) is 0 Å².